The molecule has 0 aliphatic heterocycles. The topological polar surface area (TPSA) is 106 Å². The molecule has 2 unspecified atom stereocenters. The van der Waals surface area contributed by atoms with Crippen LogP contribution in [-0.2, 0) is 0 Å². The number of carbonyl (C=O) groups is 1. The highest BCUT2D eigenvalue weighted by atomic mass is 32.1. The quantitative estimate of drug-likeness (QED) is 0.709. The number of hydrogen-bond donors (Lipinski definition) is 2. The summed E-state index contributed by atoms with van der Waals surface area (Å²) in [4.78, 5) is 12.9. The molecule has 2 N–H and O–H groups in total. The molecule has 3 aromatic rings. The highest BCUT2D eigenvalue weighted by Crippen LogP contribution is 2.22. The Morgan fingerprint density at radius 1 is 1.52 bits per heavy atom. The SMILES string of the molecule is CC(CC(O)c1ccco1)NC(=O)c1sccc1-n1cnnn1. The van der Waals surface area contributed by atoms with Gasteiger partial charge in [-0.2, -0.15) is 4.68 Å². The normalized spacial score (nSPS) is 13.7. The third kappa shape index (κ3) is 3.46. The van der Waals surface area contributed by atoms with Gasteiger partial charge in [-0.05, 0) is 40.9 Å². The standard InChI is InChI=1S/C14H15N5O3S/c1-9(7-11(20)12-3-2-5-22-12)16-14(21)13-10(4-6-23-13)19-8-15-17-18-19/h2-6,8-9,11,20H,7H2,1H3,(H,16,21). The lowest BCUT2D eigenvalue weighted by Crippen LogP contribution is -2.33. The number of thiophene rings is 1. The van der Waals surface area contributed by atoms with Crippen LogP contribution in [0.2, 0.25) is 0 Å². The van der Waals surface area contributed by atoms with Gasteiger partial charge in [-0.15, -0.1) is 16.4 Å². The molecule has 2 atom stereocenters. The van der Waals surface area contributed by atoms with Crippen molar-refractivity contribution >= 4 is 17.2 Å². The van der Waals surface area contributed by atoms with E-state index in [4.69, 9.17) is 4.42 Å². The molecule has 0 fully saturated rings. The molecule has 3 heterocycles. The Morgan fingerprint density at radius 3 is 3.09 bits per heavy atom. The van der Waals surface area contributed by atoms with Crippen molar-refractivity contribution in [1.29, 1.82) is 0 Å². The first kappa shape index (κ1) is 15.4. The highest BCUT2D eigenvalue weighted by Gasteiger charge is 2.20. The number of nitrogens with zero attached hydrogens (tertiary/aromatic N) is 4. The number of tetrazole rings is 1. The van der Waals surface area contributed by atoms with E-state index < -0.39 is 6.10 Å². The Labute approximate surface area is 135 Å². The molecule has 3 rings (SSSR count). The van der Waals surface area contributed by atoms with Gasteiger partial charge in [0.1, 0.15) is 23.1 Å². The summed E-state index contributed by atoms with van der Waals surface area (Å²) < 4.78 is 6.59. The van der Waals surface area contributed by atoms with E-state index in [0.717, 1.165) is 0 Å². The van der Waals surface area contributed by atoms with Crippen molar-refractivity contribution in [1.82, 2.24) is 25.5 Å². The van der Waals surface area contributed by atoms with Crippen LogP contribution in [0.25, 0.3) is 5.69 Å². The third-order valence-corrected chi connectivity index (χ3v) is 4.17. The summed E-state index contributed by atoms with van der Waals surface area (Å²) in [7, 11) is 0. The summed E-state index contributed by atoms with van der Waals surface area (Å²) in [5.74, 6) is 0.251. The van der Waals surface area contributed by atoms with E-state index >= 15 is 0 Å². The van der Waals surface area contributed by atoms with Crippen LogP contribution in [-0.4, -0.2) is 37.3 Å². The van der Waals surface area contributed by atoms with E-state index in [-0.39, 0.29) is 11.9 Å². The van der Waals surface area contributed by atoms with Crippen LogP contribution in [0.5, 0.6) is 0 Å². The second-order valence-electron chi connectivity index (χ2n) is 5.03. The number of aliphatic hydroxyl groups excluding tert-OH is 1. The molecule has 0 aromatic carbocycles. The van der Waals surface area contributed by atoms with Crippen LogP contribution in [0.4, 0.5) is 0 Å². The maximum Gasteiger partial charge on any atom is 0.263 e. The lowest BCUT2D eigenvalue weighted by atomic mass is 10.1. The van der Waals surface area contributed by atoms with E-state index in [0.29, 0.717) is 22.7 Å². The Morgan fingerprint density at radius 2 is 2.39 bits per heavy atom. The fourth-order valence-corrected chi connectivity index (χ4v) is 2.99. The number of aliphatic hydroxyl groups is 1. The van der Waals surface area contributed by atoms with Crippen molar-refractivity contribution in [3.63, 3.8) is 0 Å². The number of furan rings is 1. The van der Waals surface area contributed by atoms with Gasteiger partial charge in [-0.1, -0.05) is 0 Å². The molecule has 0 saturated carbocycles. The third-order valence-electron chi connectivity index (χ3n) is 3.27. The van der Waals surface area contributed by atoms with Crippen molar-refractivity contribution in [2.24, 2.45) is 0 Å². The maximum absolute atomic E-state index is 12.4. The van der Waals surface area contributed by atoms with E-state index in [2.05, 4.69) is 20.8 Å². The minimum absolute atomic E-state index is 0.230. The van der Waals surface area contributed by atoms with E-state index in [1.165, 1.54) is 28.6 Å². The Kier molecular flexibility index (Phi) is 4.49. The first-order valence-electron chi connectivity index (χ1n) is 6.98. The van der Waals surface area contributed by atoms with Gasteiger partial charge in [0.2, 0.25) is 0 Å². The Hall–Kier alpha value is -2.52. The van der Waals surface area contributed by atoms with Crippen molar-refractivity contribution in [2.75, 3.05) is 0 Å². The van der Waals surface area contributed by atoms with E-state index in [9.17, 15) is 9.90 Å². The number of amides is 1. The van der Waals surface area contributed by atoms with Crippen LogP contribution < -0.4 is 5.32 Å². The van der Waals surface area contributed by atoms with E-state index in [1.54, 1.807) is 23.6 Å². The predicted molar refractivity (Wildman–Crippen MR) is 82.2 cm³/mol. The molecule has 8 nitrogen and oxygen atoms in total. The minimum Gasteiger partial charge on any atom is -0.467 e. The van der Waals surface area contributed by atoms with Crippen molar-refractivity contribution in [3.8, 4) is 5.69 Å². The van der Waals surface area contributed by atoms with Crippen LogP contribution in [0.1, 0.15) is 34.9 Å². The molecule has 3 aromatic heterocycles. The van der Waals surface area contributed by atoms with Gasteiger partial charge in [-0.3, -0.25) is 4.79 Å². The lowest BCUT2D eigenvalue weighted by molar-refractivity contribution is 0.0907. The molecule has 0 aliphatic rings. The second kappa shape index (κ2) is 6.71. The second-order valence-corrected chi connectivity index (χ2v) is 5.95. The predicted octanol–water partition coefficient (Wildman–Crippen LogP) is 1.56. The van der Waals surface area contributed by atoms with Gasteiger partial charge in [-0.25, -0.2) is 0 Å². The molecular weight excluding hydrogens is 318 g/mol. The lowest BCUT2D eigenvalue weighted by Gasteiger charge is -2.16. The summed E-state index contributed by atoms with van der Waals surface area (Å²) in [6, 6.07) is 4.96. The smallest absolute Gasteiger partial charge is 0.263 e. The van der Waals surface area contributed by atoms with Crippen LogP contribution in [0.3, 0.4) is 0 Å². The zero-order chi connectivity index (χ0) is 16.2. The molecule has 0 aliphatic carbocycles. The Bertz CT molecular complexity index is 753. The fourth-order valence-electron chi connectivity index (χ4n) is 2.20. The molecule has 9 heteroatoms. The summed E-state index contributed by atoms with van der Waals surface area (Å²) >= 11 is 1.31. The largest absolute Gasteiger partial charge is 0.467 e. The molecule has 120 valence electrons. The van der Waals surface area contributed by atoms with Crippen molar-refractivity contribution in [3.05, 3.63) is 46.8 Å². The number of rotatable bonds is 6. The molecule has 0 radical (unpaired) electrons. The summed E-state index contributed by atoms with van der Waals surface area (Å²) in [5.41, 5.74) is 0.622. The summed E-state index contributed by atoms with van der Waals surface area (Å²) in [5, 5.41) is 25.7. The minimum atomic E-state index is -0.761. The van der Waals surface area contributed by atoms with Crippen molar-refractivity contribution in [2.45, 2.75) is 25.5 Å². The van der Waals surface area contributed by atoms with Gasteiger partial charge in [0.05, 0.1) is 12.0 Å². The average molecular weight is 333 g/mol. The molecule has 0 saturated heterocycles. The molecule has 23 heavy (non-hydrogen) atoms. The monoisotopic (exact) mass is 333 g/mol. The summed E-state index contributed by atoms with van der Waals surface area (Å²) in [6.07, 6.45) is 2.53. The molecular formula is C14H15N5O3S. The zero-order valence-electron chi connectivity index (χ0n) is 12.3. The van der Waals surface area contributed by atoms with Gasteiger partial charge < -0.3 is 14.8 Å². The van der Waals surface area contributed by atoms with Crippen LogP contribution in [0, 0.1) is 0 Å². The van der Waals surface area contributed by atoms with E-state index in [1.807, 2.05) is 6.92 Å². The number of aromatic nitrogens is 4. The molecule has 0 bridgehead atoms. The number of nitrogens with one attached hydrogen (secondary N) is 1. The van der Waals surface area contributed by atoms with Crippen LogP contribution >= 0.6 is 11.3 Å². The highest BCUT2D eigenvalue weighted by molar-refractivity contribution is 7.12. The zero-order valence-corrected chi connectivity index (χ0v) is 13.1. The van der Waals surface area contributed by atoms with Crippen LogP contribution in [0.15, 0.2) is 40.6 Å². The molecule has 0 spiro atoms. The van der Waals surface area contributed by atoms with Gasteiger partial charge in [0, 0.05) is 12.5 Å². The van der Waals surface area contributed by atoms with Gasteiger partial charge in [0.15, 0.2) is 0 Å². The fraction of sp³-hybridized carbons (Fsp3) is 0.286. The first-order valence-corrected chi connectivity index (χ1v) is 7.86. The average Bonchev–Trinajstić information content (AvgIpc) is 3.27. The van der Waals surface area contributed by atoms with Gasteiger partial charge in [0.25, 0.3) is 5.91 Å². The van der Waals surface area contributed by atoms with Gasteiger partial charge >= 0.3 is 0 Å². The number of hydrogen-bond acceptors (Lipinski definition) is 7. The summed E-state index contributed by atoms with van der Waals surface area (Å²) in [6.45, 7) is 1.83. The maximum atomic E-state index is 12.4. The first-order chi connectivity index (χ1) is 11.1. The molecule has 1 amide bonds. The number of carbonyl (C=O) groups excluding carboxylic acids is 1. The Balaban J connectivity index is 1.64. The van der Waals surface area contributed by atoms with Crippen molar-refractivity contribution < 1.29 is 14.3 Å².